The summed E-state index contributed by atoms with van der Waals surface area (Å²) in [5.41, 5.74) is 1.63. The van der Waals surface area contributed by atoms with Crippen LogP contribution in [0.15, 0.2) is 24.3 Å². The number of esters is 1. The van der Waals surface area contributed by atoms with Crippen LogP contribution >= 0.6 is 0 Å². The molecule has 0 radical (unpaired) electrons. The molecule has 4 nitrogen and oxygen atoms in total. The second kappa shape index (κ2) is 16.9. The summed E-state index contributed by atoms with van der Waals surface area (Å²) in [6, 6.07) is 7.40. The molecule has 0 saturated heterocycles. The van der Waals surface area contributed by atoms with Crippen molar-refractivity contribution in [2.75, 3.05) is 20.2 Å². The van der Waals surface area contributed by atoms with Gasteiger partial charge in [-0.1, -0.05) is 102 Å². The van der Waals surface area contributed by atoms with Gasteiger partial charge in [0, 0.05) is 12.6 Å². The number of ether oxygens (including phenoxy) is 1. The molecule has 0 unspecified atom stereocenters. The fraction of sp³-hybridized carbons (Fsp3) is 0.692. The molecule has 170 valence electrons. The maximum atomic E-state index is 12.4. The number of aryl methyl sites for hydroxylation is 1. The Labute approximate surface area is 184 Å². The van der Waals surface area contributed by atoms with E-state index in [1.807, 2.05) is 25.1 Å². The molecule has 1 amide bonds. The van der Waals surface area contributed by atoms with Gasteiger partial charge in [-0.05, 0) is 25.5 Å². The van der Waals surface area contributed by atoms with Crippen molar-refractivity contribution in [3.05, 3.63) is 35.4 Å². The van der Waals surface area contributed by atoms with Gasteiger partial charge in [-0.2, -0.15) is 0 Å². The van der Waals surface area contributed by atoms with Gasteiger partial charge >= 0.3 is 5.97 Å². The van der Waals surface area contributed by atoms with Crippen LogP contribution in [0.2, 0.25) is 0 Å². The molecule has 30 heavy (non-hydrogen) atoms. The average molecular weight is 418 g/mol. The monoisotopic (exact) mass is 417 g/mol. The molecule has 0 bridgehead atoms. The minimum atomic E-state index is -0.336. The Bertz CT molecular complexity index is 600. The van der Waals surface area contributed by atoms with Crippen molar-refractivity contribution < 1.29 is 14.3 Å². The Morgan fingerprint density at radius 2 is 1.37 bits per heavy atom. The van der Waals surface area contributed by atoms with Crippen molar-refractivity contribution in [2.24, 2.45) is 0 Å². The van der Waals surface area contributed by atoms with E-state index in [0.717, 1.165) is 18.4 Å². The van der Waals surface area contributed by atoms with Gasteiger partial charge in [0.15, 0.2) is 0 Å². The summed E-state index contributed by atoms with van der Waals surface area (Å²) >= 11 is 0. The highest BCUT2D eigenvalue weighted by Gasteiger charge is 2.15. The van der Waals surface area contributed by atoms with Crippen molar-refractivity contribution in [1.29, 1.82) is 0 Å². The van der Waals surface area contributed by atoms with E-state index in [0.29, 0.717) is 12.2 Å². The predicted octanol–water partition coefficient (Wildman–Crippen LogP) is 6.70. The standard InChI is InChI=1S/C26H43NO3/c1-4-5-6-7-8-9-10-11-12-13-14-15-16-20-30-25(28)22-27(3)26(29)24-19-17-18-23(2)21-24/h17-19,21H,4-16,20,22H2,1-3H3. The molecule has 0 atom stereocenters. The third-order valence-electron chi connectivity index (χ3n) is 5.49. The molecule has 0 aliphatic carbocycles. The lowest BCUT2D eigenvalue weighted by atomic mass is 10.0. The van der Waals surface area contributed by atoms with Crippen LogP contribution in [-0.4, -0.2) is 37.0 Å². The first-order valence-corrected chi connectivity index (χ1v) is 12.0. The van der Waals surface area contributed by atoms with Crippen LogP contribution in [0.25, 0.3) is 0 Å². The van der Waals surface area contributed by atoms with Crippen LogP contribution in [0.5, 0.6) is 0 Å². The number of carbonyl (C=O) groups excluding carboxylic acids is 2. The highest BCUT2D eigenvalue weighted by atomic mass is 16.5. The topological polar surface area (TPSA) is 46.6 Å². The van der Waals surface area contributed by atoms with Crippen molar-refractivity contribution in [2.45, 2.75) is 97.3 Å². The van der Waals surface area contributed by atoms with Crippen LogP contribution < -0.4 is 0 Å². The number of likely N-dealkylation sites (N-methyl/N-ethyl adjacent to an activating group) is 1. The minimum absolute atomic E-state index is 0.00871. The van der Waals surface area contributed by atoms with Crippen LogP contribution in [0.3, 0.4) is 0 Å². The van der Waals surface area contributed by atoms with E-state index < -0.39 is 0 Å². The molecular formula is C26H43NO3. The Hall–Kier alpha value is -1.84. The second-order valence-electron chi connectivity index (χ2n) is 8.49. The Morgan fingerprint density at radius 3 is 1.90 bits per heavy atom. The van der Waals surface area contributed by atoms with Gasteiger partial charge in [-0.15, -0.1) is 0 Å². The number of unbranched alkanes of at least 4 members (excludes halogenated alkanes) is 12. The largest absolute Gasteiger partial charge is 0.464 e. The third-order valence-corrected chi connectivity index (χ3v) is 5.49. The summed E-state index contributed by atoms with van der Waals surface area (Å²) in [5, 5.41) is 0. The fourth-order valence-corrected chi connectivity index (χ4v) is 3.62. The van der Waals surface area contributed by atoms with Gasteiger partial charge in [0.1, 0.15) is 6.54 Å². The quantitative estimate of drug-likeness (QED) is 0.209. The lowest BCUT2D eigenvalue weighted by Crippen LogP contribution is -2.33. The number of hydrogen-bond donors (Lipinski definition) is 0. The highest BCUT2D eigenvalue weighted by Crippen LogP contribution is 2.12. The molecule has 0 aliphatic rings. The van der Waals surface area contributed by atoms with Crippen molar-refractivity contribution >= 4 is 11.9 Å². The highest BCUT2D eigenvalue weighted by molar-refractivity contribution is 5.95. The smallest absolute Gasteiger partial charge is 0.325 e. The van der Waals surface area contributed by atoms with Gasteiger partial charge in [0.05, 0.1) is 6.61 Å². The fourth-order valence-electron chi connectivity index (χ4n) is 3.62. The summed E-state index contributed by atoms with van der Waals surface area (Å²) in [6.45, 7) is 4.65. The summed E-state index contributed by atoms with van der Waals surface area (Å²) in [6.07, 6.45) is 16.8. The van der Waals surface area contributed by atoms with Gasteiger partial charge < -0.3 is 9.64 Å². The number of amides is 1. The Balaban J connectivity index is 1.96. The van der Waals surface area contributed by atoms with Crippen LogP contribution in [-0.2, 0) is 9.53 Å². The van der Waals surface area contributed by atoms with Gasteiger partial charge in [0.2, 0.25) is 0 Å². The van der Waals surface area contributed by atoms with Crippen LogP contribution in [0.1, 0.15) is 106 Å². The molecule has 0 heterocycles. The number of benzene rings is 1. The van der Waals surface area contributed by atoms with Crippen molar-refractivity contribution in [1.82, 2.24) is 4.90 Å². The maximum Gasteiger partial charge on any atom is 0.325 e. The van der Waals surface area contributed by atoms with Crippen molar-refractivity contribution in [3.63, 3.8) is 0 Å². The summed E-state index contributed by atoms with van der Waals surface area (Å²) < 4.78 is 5.29. The molecular weight excluding hydrogens is 374 g/mol. The molecule has 0 saturated carbocycles. The van der Waals surface area contributed by atoms with Gasteiger partial charge in [-0.3, -0.25) is 9.59 Å². The number of hydrogen-bond acceptors (Lipinski definition) is 3. The first-order chi connectivity index (χ1) is 14.5. The zero-order valence-electron chi connectivity index (χ0n) is 19.6. The van der Waals surface area contributed by atoms with E-state index in [9.17, 15) is 9.59 Å². The molecule has 1 aromatic carbocycles. The second-order valence-corrected chi connectivity index (χ2v) is 8.49. The van der Waals surface area contributed by atoms with E-state index in [2.05, 4.69) is 6.92 Å². The van der Waals surface area contributed by atoms with E-state index in [-0.39, 0.29) is 18.4 Å². The third kappa shape index (κ3) is 12.7. The first kappa shape index (κ1) is 26.2. The summed E-state index contributed by atoms with van der Waals surface area (Å²) in [5.74, 6) is -0.492. The van der Waals surface area contributed by atoms with E-state index in [1.54, 1.807) is 13.1 Å². The SMILES string of the molecule is CCCCCCCCCCCCCCCOC(=O)CN(C)C(=O)c1cccc(C)c1. The van der Waals surface area contributed by atoms with Crippen LogP contribution in [0, 0.1) is 6.92 Å². The molecule has 0 N–H and O–H groups in total. The molecule has 0 spiro atoms. The molecule has 4 heteroatoms. The lowest BCUT2D eigenvalue weighted by Gasteiger charge is -2.16. The average Bonchev–Trinajstić information content (AvgIpc) is 2.73. The number of rotatable bonds is 17. The van der Waals surface area contributed by atoms with Gasteiger partial charge in [-0.25, -0.2) is 0 Å². The molecule has 0 fully saturated rings. The lowest BCUT2D eigenvalue weighted by molar-refractivity contribution is -0.144. The zero-order valence-corrected chi connectivity index (χ0v) is 19.6. The van der Waals surface area contributed by atoms with Gasteiger partial charge in [0.25, 0.3) is 5.91 Å². The Kier molecular flexibility index (Phi) is 14.8. The molecule has 1 aromatic rings. The summed E-state index contributed by atoms with van der Waals surface area (Å²) in [4.78, 5) is 25.7. The summed E-state index contributed by atoms with van der Waals surface area (Å²) in [7, 11) is 1.64. The molecule has 0 aliphatic heterocycles. The van der Waals surface area contributed by atoms with E-state index >= 15 is 0 Å². The van der Waals surface area contributed by atoms with Crippen LogP contribution in [0.4, 0.5) is 0 Å². The van der Waals surface area contributed by atoms with E-state index in [4.69, 9.17) is 4.74 Å². The minimum Gasteiger partial charge on any atom is -0.464 e. The zero-order chi connectivity index (χ0) is 22.0. The molecule has 1 rings (SSSR count). The first-order valence-electron chi connectivity index (χ1n) is 12.0. The predicted molar refractivity (Wildman–Crippen MR) is 125 cm³/mol. The molecule has 0 aromatic heterocycles. The number of nitrogens with zero attached hydrogens (tertiary/aromatic N) is 1. The normalized spacial score (nSPS) is 10.8. The number of carbonyl (C=O) groups is 2. The van der Waals surface area contributed by atoms with Crippen molar-refractivity contribution in [3.8, 4) is 0 Å². The maximum absolute atomic E-state index is 12.4. The Morgan fingerprint density at radius 1 is 0.833 bits per heavy atom. The van der Waals surface area contributed by atoms with E-state index in [1.165, 1.54) is 75.5 Å².